The van der Waals surface area contributed by atoms with E-state index in [0.717, 1.165) is 17.6 Å². The van der Waals surface area contributed by atoms with Gasteiger partial charge < -0.3 is 15.0 Å². The zero-order chi connectivity index (χ0) is 10.7. The van der Waals surface area contributed by atoms with Crippen molar-refractivity contribution in [1.29, 1.82) is 0 Å². The minimum Gasteiger partial charge on any atom is -0.383 e. The Kier molecular flexibility index (Phi) is 2.99. The first-order chi connectivity index (χ1) is 7.31. The minimum absolute atomic E-state index is 0.00704. The van der Waals surface area contributed by atoms with Gasteiger partial charge in [0.05, 0.1) is 24.0 Å². The maximum absolute atomic E-state index is 5.89. The zero-order valence-electron chi connectivity index (χ0n) is 8.76. The van der Waals surface area contributed by atoms with Crippen LogP contribution in [-0.4, -0.2) is 29.3 Å². The van der Waals surface area contributed by atoms with Crippen LogP contribution in [0.3, 0.4) is 0 Å². The van der Waals surface area contributed by atoms with Crippen LogP contribution in [0.25, 0.3) is 11.0 Å². The summed E-state index contributed by atoms with van der Waals surface area (Å²) in [6.07, 6.45) is 1.82. The van der Waals surface area contributed by atoms with E-state index in [-0.39, 0.29) is 6.04 Å². The van der Waals surface area contributed by atoms with Crippen LogP contribution in [0.15, 0.2) is 30.6 Å². The Morgan fingerprint density at radius 2 is 2.27 bits per heavy atom. The summed E-state index contributed by atoms with van der Waals surface area (Å²) in [5, 5.41) is 0. The van der Waals surface area contributed by atoms with Crippen LogP contribution in [-0.2, 0) is 11.3 Å². The molecule has 0 fully saturated rings. The van der Waals surface area contributed by atoms with E-state index >= 15 is 0 Å². The van der Waals surface area contributed by atoms with Crippen LogP contribution in [0, 0.1) is 0 Å². The van der Waals surface area contributed by atoms with Crippen LogP contribution in [0.4, 0.5) is 0 Å². The van der Waals surface area contributed by atoms with Crippen molar-refractivity contribution in [3.63, 3.8) is 0 Å². The Labute approximate surface area is 88.7 Å². The van der Waals surface area contributed by atoms with Gasteiger partial charge in [0, 0.05) is 19.7 Å². The molecule has 0 bridgehead atoms. The fraction of sp³-hybridized carbons (Fsp3) is 0.364. The summed E-state index contributed by atoms with van der Waals surface area (Å²) >= 11 is 0. The van der Waals surface area contributed by atoms with Crippen molar-refractivity contribution in [2.24, 2.45) is 5.73 Å². The van der Waals surface area contributed by atoms with Gasteiger partial charge in [0.15, 0.2) is 0 Å². The Bertz CT molecular complexity index is 438. The summed E-state index contributed by atoms with van der Waals surface area (Å²) in [6.45, 7) is 1.29. The zero-order valence-corrected chi connectivity index (χ0v) is 8.76. The van der Waals surface area contributed by atoms with Crippen molar-refractivity contribution in [1.82, 2.24) is 9.55 Å². The van der Waals surface area contributed by atoms with Crippen LogP contribution in [0.2, 0.25) is 0 Å². The van der Waals surface area contributed by atoms with Crippen molar-refractivity contribution in [2.45, 2.75) is 12.6 Å². The van der Waals surface area contributed by atoms with E-state index in [1.165, 1.54) is 0 Å². The number of fused-ring (bicyclic) bond motifs is 1. The number of nitrogens with two attached hydrogens (primary N) is 1. The maximum Gasteiger partial charge on any atom is 0.0958 e. The predicted molar refractivity (Wildman–Crippen MR) is 59.6 cm³/mol. The van der Waals surface area contributed by atoms with Crippen molar-refractivity contribution < 1.29 is 4.74 Å². The molecule has 2 N–H and O–H groups in total. The van der Waals surface area contributed by atoms with Crippen molar-refractivity contribution >= 4 is 11.0 Å². The molecule has 1 atom stereocenters. The lowest BCUT2D eigenvalue weighted by molar-refractivity contribution is 0.174. The molecule has 2 aromatic rings. The third-order valence-corrected chi connectivity index (χ3v) is 2.34. The molecule has 0 saturated heterocycles. The quantitative estimate of drug-likeness (QED) is 0.810. The standard InChI is InChI=1S/C11H15N3O/c1-15-7-9(12)6-14-8-13-10-4-2-3-5-11(10)14/h2-5,8-9H,6-7,12H2,1H3. The third kappa shape index (κ3) is 2.16. The Balaban J connectivity index is 2.21. The number of rotatable bonds is 4. The van der Waals surface area contributed by atoms with Gasteiger partial charge in [-0.1, -0.05) is 12.1 Å². The van der Waals surface area contributed by atoms with E-state index in [2.05, 4.69) is 9.55 Å². The van der Waals surface area contributed by atoms with E-state index in [1.54, 1.807) is 7.11 Å². The van der Waals surface area contributed by atoms with Gasteiger partial charge in [-0.05, 0) is 12.1 Å². The van der Waals surface area contributed by atoms with Crippen molar-refractivity contribution in [3.8, 4) is 0 Å². The first kappa shape index (κ1) is 10.1. The molecule has 0 spiro atoms. The van der Waals surface area contributed by atoms with E-state index in [1.807, 2.05) is 30.6 Å². The van der Waals surface area contributed by atoms with Crippen LogP contribution >= 0.6 is 0 Å². The van der Waals surface area contributed by atoms with Gasteiger partial charge in [0.1, 0.15) is 0 Å². The molecule has 0 saturated carbocycles. The number of hydrogen-bond donors (Lipinski definition) is 1. The minimum atomic E-state index is 0.00704. The highest BCUT2D eigenvalue weighted by molar-refractivity contribution is 5.74. The molecule has 0 aliphatic heterocycles. The highest BCUT2D eigenvalue weighted by Gasteiger charge is 2.06. The summed E-state index contributed by atoms with van der Waals surface area (Å²) in [5.74, 6) is 0. The molecule has 15 heavy (non-hydrogen) atoms. The molecule has 80 valence electrons. The number of aromatic nitrogens is 2. The first-order valence-electron chi connectivity index (χ1n) is 4.95. The lowest BCUT2D eigenvalue weighted by Gasteiger charge is -2.11. The average molecular weight is 205 g/mol. The second-order valence-electron chi connectivity index (χ2n) is 3.60. The summed E-state index contributed by atoms with van der Waals surface area (Å²) < 4.78 is 7.06. The lowest BCUT2D eigenvalue weighted by atomic mass is 10.3. The summed E-state index contributed by atoms with van der Waals surface area (Å²) in [6, 6.07) is 8.03. The monoisotopic (exact) mass is 205 g/mol. The number of methoxy groups -OCH3 is 1. The number of nitrogens with zero attached hydrogens (tertiary/aromatic N) is 2. The van der Waals surface area contributed by atoms with E-state index in [4.69, 9.17) is 10.5 Å². The molecule has 1 heterocycles. The van der Waals surface area contributed by atoms with E-state index in [9.17, 15) is 0 Å². The molecule has 1 aromatic heterocycles. The fourth-order valence-corrected chi connectivity index (χ4v) is 1.68. The Hall–Kier alpha value is -1.39. The Morgan fingerprint density at radius 1 is 1.47 bits per heavy atom. The Morgan fingerprint density at radius 3 is 3.07 bits per heavy atom. The summed E-state index contributed by atoms with van der Waals surface area (Å²) in [5.41, 5.74) is 8.01. The van der Waals surface area contributed by atoms with Gasteiger partial charge in [0.25, 0.3) is 0 Å². The van der Waals surface area contributed by atoms with Crippen molar-refractivity contribution in [2.75, 3.05) is 13.7 Å². The molecule has 2 rings (SSSR count). The van der Waals surface area contributed by atoms with Crippen LogP contribution in [0.5, 0.6) is 0 Å². The molecule has 0 aliphatic carbocycles. The number of hydrogen-bond acceptors (Lipinski definition) is 3. The molecule has 4 nitrogen and oxygen atoms in total. The SMILES string of the molecule is COCC(N)Cn1cnc2ccccc21. The van der Waals surface area contributed by atoms with Gasteiger partial charge in [-0.3, -0.25) is 0 Å². The molecular formula is C11H15N3O. The topological polar surface area (TPSA) is 53.1 Å². The normalized spacial score (nSPS) is 13.2. The van der Waals surface area contributed by atoms with Crippen molar-refractivity contribution in [3.05, 3.63) is 30.6 Å². The summed E-state index contributed by atoms with van der Waals surface area (Å²) in [4.78, 5) is 4.30. The predicted octanol–water partition coefficient (Wildman–Crippen LogP) is 1.01. The number of benzene rings is 1. The average Bonchev–Trinajstić information content (AvgIpc) is 2.62. The van der Waals surface area contributed by atoms with Gasteiger partial charge in [-0.25, -0.2) is 4.98 Å². The van der Waals surface area contributed by atoms with Gasteiger partial charge in [-0.15, -0.1) is 0 Å². The highest BCUT2D eigenvalue weighted by Crippen LogP contribution is 2.11. The molecule has 1 unspecified atom stereocenters. The van der Waals surface area contributed by atoms with Crippen LogP contribution in [0.1, 0.15) is 0 Å². The molecule has 0 amide bonds. The maximum atomic E-state index is 5.89. The van der Waals surface area contributed by atoms with Gasteiger partial charge in [-0.2, -0.15) is 0 Å². The molecular weight excluding hydrogens is 190 g/mol. The number of imidazole rings is 1. The first-order valence-corrected chi connectivity index (χ1v) is 4.95. The lowest BCUT2D eigenvalue weighted by Crippen LogP contribution is -2.30. The van der Waals surface area contributed by atoms with E-state index in [0.29, 0.717) is 6.61 Å². The van der Waals surface area contributed by atoms with Gasteiger partial charge >= 0.3 is 0 Å². The highest BCUT2D eigenvalue weighted by atomic mass is 16.5. The van der Waals surface area contributed by atoms with Crippen LogP contribution < -0.4 is 5.73 Å². The smallest absolute Gasteiger partial charge is 0.0958 e. The summed E-state index contributed by atoms with van der Waals surface area (Å²) in [7, 11) is 1.66. The number of para-hydroxylation sites is 2. The van der Waals surface area contributed by atoms with Gasteiger partial charge in [0.2, 0.25) is 0 Å². The third-order valence-electron chi connectivity index (χ3n) is 2.34. The second-order valence-corrected chi connectivity index (χ2v) is 3.60. The number of ether oxygens (including phenoxy) is 1. The largest absolute Gasteiger partial charge is 0.383 e. The molecule has 0 radical (unpaired) electrons. The van der Waals surface area contributed by atoms with E-state index < -0.39 is 0 Å². The molecule has 4 heteroatoms. The fourth-order valence-electron chi connectivity index (χ4n) is 1.68. The molecule has 0 aliphatic rings. The molecule has 1 aromatic carbocycles. The second kappa shape index (κ2) is 4.42.